The van der Waals surface area contributed by atoms with Gasteiger partial charge in [0, 0.05) is 16.4 Å². The van der Waals surface area contributed by atoms with Crippen LogP contribution in [-0.2, 0) is 25.7 Å². The van der Waals surface area contributed by atoms with Crippen molar-refractivity contribution in [3.63, 3.8) is 0 Å². The largest absolute Gasteiger partial charge is 0.508 e. The number of imide groups is 2. The Morgan fingerprint density at radius 3 is 2.21 bits per heavy atom. The number of anilines is 1. The van der Waals surface area contributed by atoms with E-state index in [1.54, 1.807) is 23.6 Å². The highest BCUT2D eigenvalue weighted by Crippen LogP contribution is 2.67. The average molecular weight is 727 g/mol. The number of hydrogen-bond donors (Lipinski definition) is 1. The van der Waals surface area contributed by atoms with Gasteiger partial charge in [-0.05, 0) is 42.3 Å². The van der Waals surface area contributed by atoms with E-state index < -0.39 is 104 Å². The van der Waals surface area contributed by atoms with Gasteiger partial charge >= 0.3 is 0 Å². The van der Waals surface area contributed by atoms with E-state index in [9.17, 15) is 37.5 Å². The second kappa shape index (κ2) is 11.0. The third-order valence-corrected chi connectivity index (χ3v) is 12.0. The number of amides is 4. The van der Waals surface area contributed by atoms with Crippen LogP contribution >= 0.6 is 34.5 Å². The van der Waals surface area contributed by atoms with Crippen molar-refractivity contribution < 1.29 is 51.0 Å². The van der Waals surface area contributed by atoms with Crippen LogP contribution in [0.25, 0.3) is 0 Å². The minimum absolute atomic E-state index is 0.0276. The van der Waals surface area contributed by atoms with Gasteiger partial charge < -0.3 is 9.84 Å². The van der Waals surface area contributed by atoms with Crippen LogP contribution in [-0.4, -0.2) is 50.5 Å². The predicted octanol–water partition coefficient (Wildman–Crippen LogP) is 5.92. The molecule has 1 aromatic heterocycles. The van der Waals surface area contributed by atoms with Gasteiger partial charge in [0.05, 0.1) is 25.5 Å². The smallest absolute Gasteiger partial charge is 0.258 e. The first-order valence-electron chi connectivity index (χ1n) is 14.4. The number of aromatic hydroxyl groups is 1. The highest BCUT2D eigenvalue weighted by atomic mass is 35.5. The molecule has 7 rings (SSSR count). The number of thiophene rings is 1. The number of rotatable bonds is 5. The number of carbonyl (C=O) groups is 4. The van der Waals surface area contributed by atoms with E-state index in [1.165, 1.54) is 36.6 Å². The number of hydrogen-bond acceptors (Lipinski definition) is 7. The summed E-state index contributed by atoms with van der Waals surface area (Å²) in [5.74, 6) is -22.1. The molecule has 1 N–H and O–H groups in total. The van der Waals surface area contributed by atoms with Crippen LogP contribution in [0.2, 0.25) is 0 Å². The van der Waals surface area contributed by atoms with Crippen LogP contribution in [0.15, 0.2) is 47.4 Å². The van der Waals surface area contributed by atoms with Crippen molar-refractivity contribution in [3.8, 4) is 11.5 Å². The van der Waals surface area contributed by atoms with Gasteiger partial charge in [-0.2, -0.15) is 0 Å². The fraction of sp³-hybridized carbons (Fsp3) is 0.312. The molecule has 1 saturated carbocycles. The SMILES string of the molecule is COc1cccc(O)c1C1C2=CCC3C(=O)N(Cc4cccs4)C(=O)C3C2CC2(Cl)C(=O)N(c3c(F)c(F)c(F)c(F)c3F)C(=O)C12Cl. The Kier molecular flexibility index (Phi) is 7.46. The zero-order valence-corrected chi connectivity index (χ0v) is 26.7. The topological polar surface area (TPSA) is 104 Å². The molecule has 2 saturated heterocycles. The van der Waals surface area contributed by atoms with Crippen molar-refractivity contribution in [2.45, 2.75) is 35.1 Å². The summed E-state index contributed by atoms with van der Waals surface area (Å²) in [6, 6.07) is 7.48. The first kappa shape index (κ1) is 32.5. The molecular weight excluding hydrogens is 706 g/mol. The highest BCUT2D eigenvalue weighted by Gasteiger charge is 2.77. The maximum Gasteiger partial charge on any atom is 0.258 e. The number of likely N-dealkylation sites (tertiary alicyclic amines) is 1. The standard InChI is InChI=1S/C32H21Cl2F5N2O6S/c1-47-17-6-2-5-16(42)19(17)20-13-7-8-14-18(28(44)40(27(14)43)11-12-4-3-9-48-12)15(13)10-31(33)29(45)41(30(46)32(20,31)34)26-24(38)22(36)21(35)23(37)25(26)39/h2-7,9,14-15,18,20,42H,8,10-11H2,1H3. The number of alkyl halides is 2. The van der Waals surface area contributed by atoms with Gasteiger partial charge in [-0.3, -0.25) is 24.1 Å². The number of carbonyl (C=O) groups excluding carboxylic acids is 4. The molecule has 4 aliphatic rings. The first-order valence-corrected chi connectivity index (χ1v) is 16.1. The monoisotopic (exact) mass is 726 g/mol. The maximum absolute atomic E-state index is 15.2. The van der Waals surface area contributed by atoms with E-state index in [2.05, 4.69) is 0 Å². The number of ether oxygens (including phenoxy) is 1. The molecule has 6 atom stereocenters. The van der Waals surface area contributed by atoms with Crippen molar-refractivity contribution in [2.75, 3.05) is 12.0 Å². The lowest BCUT2D eigenvalue weighted by atomic mass is 9.56. The minimum atomic E-state index is -2.78. The lowest BCUT2D eigenvalue weighted by molar-refractivity contribution is -0.141. The average Bonchev–Trinajstić information content (AvgIpc) is 3.71. The Hall–Kier alpha value is -4.01. The summed E-state index contributed by atoms with van der Waals surface area (Å²) in [7, 11) is 1.23. The van der Waals surface area contributed by atoms with Crippen LogP contribution in [0.5, 0.6) is 11.5 Å². The Bertz CT molecular complexity index is 1970. The van der Waals surface area contributed by atoms with Crippen molar-refractivity contribution in [3.05, 3.63) is 86.9 Å². The quantitative estimate of drug-likeness (QED) is 0.0875. The first-order chi connectivity index (χ1) is 22.7. The van der Waals surface area contributed by atoms with Gasteiger partial charge in [-0.25, -0.2) is 26.9 Å². The van der Waals surface area contributed by atoms with E-state index in [-0.39, 0.29) is 34.8 Å². The minimum Gasteiger partial charge on any atom is -0.508 e. The molecule has 2 aromatic carbocycles. The van der Waals surface area contributed by atoms with E-state index >= 15 is 8.78 Å². The van der Waals surface area contributed by atoms with Gasteiger partial charge in [0.1, 0.15) is 17.2 Å². The summed E-state index contributed by atoms with van der Waals surface area (Å²) < 4.78 is 78.6. The molecular formula is C32H21Cl2F5N2O6S. The van der Waals surface area contributed by atoms with Crippen LogP contribution < -0.4 is 9.64 Å². The number of fused-ring (bicyclic) bond motifs is 4. The van der Waals surface area contributed by atoms with E-state index in [1.807, 2.05) is 0 Å². The van der Waals surface area contributed by atoms with Gasteiger partial charge in [0.2, 0.25) is 17.6 Å². The molecule has 2 aliphatic heterocycles. The zero-order chi connectivity index (χ0) is 34.6. The Labute approximate surface area is 282 Å². The van der Waals surface area contributed by atoms with Gasteiger partial charge in [0.25, 0.3) is 11.8 Å². The molecule has 3 fully saturated rings. The summed E-state index contributed by atoms with van der Waals surface area (Å²) >= 11 is 15.5. The summed E-state index contributed by atoms with van der Waals surface area (Å²) in [6.45, 7) is -0.0297. The third-order valence-electron chi connectivity index (χ3n) is 9.76. The van der Waals surface area contributed by atoms with Crippen LogP contribution in [0.4, 0.5) is 27.6 Å². The second-order valence-electron chi connectivity index (χ2n) is 11.9. The lowest BCUT2D eigenvalue weighted by Crippen LogP contribution is -2.60. The number of methoxy groups -OCH3 is 1. The van der Waals surface area contributed by atoms with E-state index in [0.29, 0.717) is 4.88 Å². The molecule has 3 aromatic rings. The number of halogens is 7. The lowest BCUT2D eigenvalue weighted by Gasteiger charge is -2.50. The molecule has 2 aliphatic carbocycles. The van der Waals surface area contributed by atoms with Gasteiger partial charge in [-0.1, -0.05) is 23.8 Å². The van der Waals surface area contributed by atoms with Crippen molar-refractivity contribution >= 4 is 63.9 Å². The molecule has 3 heterocycles. The van der Waals surface area contributed by atoms with Crippen molar-refractivity contribution in [1.29, 1.82) is 0 Å². The Balaban J connectivity index is 1.44. The molecule has 16 heteroatoms. The summed E-state index contributed by atoms with van der Waals surface area (Å²) in [5, 5.41) is 12.9. The Morgan fingerprint density at radius 2 is 1.58 bits per heavy atom. The number of phenols is 1. The predicted molar refractivity (Wildman–Crippen MR) is 161 cm³/mol. The van der Waals surface area contributed by atoms with E-state index in [0.717, 1.165) is 4.90 Å². The highest BCUT2D eigenvalue weighted by molar-refractivity contribution is 7.09. The fourth-order valence-corrected chi connectivity index (χ4v) is 9.28. The molecule has 0 spiro atoms. The molecule has 6 unspecified atom stereocenters. The van der Waals surface area contributed by atoms with Crippen LogP contribution in [0.1, 0.15) is 29.2 Å². The summed E-state index contributed by atoms with van der Waals surface area (Å²) in [5.41, 5.74) is -1.88. The van der Waals surface area contributed by atoms with Crippen LogP contribution in [0.3, 0.4) is 0 Å². The zero-order valence-electron chi connectivity index (χ0n) is 24.4. The number of benzene rings is 2. The van der Waals surface area contributed by atoms with Gasteiger partial charge in [-0.15, -0.1) is 34.5 Å². The molecule has 48 heavy (non-hydrogen) atoms. The third kappa shape index (κ3) is 4.05. The number of phenolic OH excluding ortho intramolecular Hbond substituents is 1. The van der Waals surface area contributed by atoms with E-state index in [4.69, 9.17) is 27.9 Å². The molecule has 8 nitrogen and oxygen atoms in total. The molecule has 0 radical (unpaired) electrons. The maximum atomic E-state index is 15.2. The van der Waals surface area contributed by atoms with Crippen LogP contribution in [0, 0.1) is 46.8 Å². The van der Waals surface area contributed by atoms with Crippen molar-refractivity contribution in [1.82, 2.24) is 4.90 Å². The van der Waals surface area contributed by atoms with Crippen molar-refractivity contribution in [2.24, 2.45) is 17.8 Å². The summed E-state index contributed by atoms with van der Waals surface area (Å²) in [6.07, 6.45) is 0.863. The number of allylic oxidation sites excluding steroid dienone is 2. The molecule has 4 amide bonds. The number of nitrogens with zero attached hydrogens (tertiary/aromatic N) is 2. The second-order valence-corrected chi connectivity index (χ2v) is 14.2. The fourth-order valence-electron chi connectivity index (χ4n) is 7.66. The molecule has 250 valence electrons. The molecule has 0 bridgehead atoms. The summed E-state index contributed by atoms with van der Waals surface area (Å²) in [4.78, 5) is 52.3. The van der Waals surface area contributed by atoms with Gasteiger partial charge in [0.15, 0.2) is 33.0 Å². The normalized spacial score (nSPS) is 29.6. The Morgan fingerprint density at radius 1 is 0.917 bits per heavy atom.